The lowest BCUT2D eigenvalue weighted by molar-refractivity contribution is -0.123. The number of carbonyl (C=O) groups excluding carboxylic acids is 2. The molecule has 0 aliphatic heterocycles. The SMILES string of the molecule is COc1ccc(-c2nc3ccc(C(=O)OC(C)C(=O)Nc4ccccc4Br)cc3[nH]2)cc1. The number of imidazole rings is 1. The Hall–Kier alpha value is -3.65. The van der Waals surface area contributed by atoms with Crippen LogP contribution in [0.4, 0.5) is 5.69 Å². The summed E-state index contributed by atoms with van der Waals surface area (Å²) in [5.41, 5.74) is 3.22. The fraction of sp³-hybridized carbons (Fsp3) is 0.125. The molecule has 2 N–H and O–H groups in total. The molecule has 0 aliphatic rings. The van der Waals surface area contributed by atoms with Gasteiger partial charge in [0.25, 0.3) is 5.91 Å². The van der Waals surface area contributed by atoms with Gasteiger partial charge in [-0.1, -0.05) is 12.1 Å². The van der Waals surface area contributed by atoms with Crippen molar-refractivity contribution in [3.63, 3.8) is 0 Å². The van der Waals surface area contributed by atoms with Gasteiger partial charge in [-0.2, -0.15) is 0 Å². The molecule has 0 saturated carbocycles. The fourth-order valence-electron chi connectivity index (χ4n) is 3.10. The van der Waals surface area contributed by atoms with E-state index in [9.17, 15) is 9.59 Å². The number of nitrogens with zero attached hydrogens (tertiary/aromatic N) is 1. The van der Waals surface area contributed by atoms with Crippen molar-refractivity contribution in [2.24, 2.45) is 0 Å². The van der Waals surface area contributed by atoms with Crippen LogP contribution in [0.5, 0.6) is 5.75 Å². The second-order valence-electron chi connectivity index (χ2n) is 7.06. The molecule has 7 nitrogen and oxygen atoms in total. The van der Waals surface area contributed by atoms with E-state index in [0.717, 1.165) is 15.8 Å². The van der Waals surface area contributed by atoms with E-state index in [1.54, 1.807) is 37.4 Å². The normalized spacial score (nSPS) is 11.7. The second kappa shape index (κ2) is 9.23. The van der Waals surface area contributed by atoms with Gasteiger partial charge < -0.3 is 19.8 Å². The van der Waals surface area contributed by atoms with Crippen molar-refractivity contribution >= 4 is 44.5 Å². The van der Waals surface area contributed by atoms with Gasteiger partial charge in [-0.25, -0.2) is 9.78 Å². The number of hydrogen-bond acceptors (Lipinski definition) is 5. The number of para-hydroxylation sites is 1. The minimum absolute atomic E-state index is 0.322. The molecule has 1 aromatic heterocycles. The highest BCUT2D eigenvalue weighted by atomic mass is 79.9. The fourth-order valence-corrected chi connectivity index (χ4v) is 3.49. The van der Waals surface area contributed by atoms with Gasteiger partial charge in [-0.15, -0.1) is 0 Å². The molecule has 0 aliphatic carbocycles. The standard InChI is InChI=1S/C24H20BrN3O4/c1-14(23(29)28-19-6-4-3-5-18(19)25)32-24(30)16-9-12-20-21(13-16)27-22(26-20)15-7-10-17(31-2)11-8-15/h3-14H,1-2H3,(H,26,27)(H,28,29). The zero-order chi connectivity index (χ0) is 22.7. The number of rotatable bonds is 6. The van der Waals surface area contributed by atoms with Gasteiger partial charge in [0.1, 0.15) is 11.6 Å². The lowest BCUT2D eigenvalue weighted by atomic mass is 10.2. The highest BCUT2D eigenvalue weighted by Gasteiger charge is 2.20. The molecule has 0 saturated heterocycles. The molecule has 32 heavy (non-hydrogen) atoms. The number of halogens is 1. The molecule has 1 amide bonds. The van der Waals surface area contributed by atoms with Crippen LogP contribution in [0.2, 0.25) is 0 Å². The van der Waals surface area contributed by atoms with E-state index in [0.29, 0.717) is 28.1 Å². The first-order chi connectivity index (χ1) is 15.4. The summed E-state index contributed by atoms with van der Waals surface area (Å²) in [5, 5.41) is 2.74. The van der Waals surface area contributed by atoms with E-state index >= 15 is 0 Å². The number of fused-ring (bicyclic) bond motifs is 1. The molecule has 4 aromatic rings. The average Bonchev–Trinajstić information content (AvgIpc) is 3.24. The van der Waals surface area contributed by atoms with Gasteiger partial charge in [0.05, 0.1) is 29.4 Å². The van der Waals surface area contributed by atoms with Crippen LogP contribution >= 0.6 is 15.9 Å². The van der Waals surface area contributed by atoms with Gasteiger partial charge >= 0.3 is 5.97 Å². The predicted molar refractivity (Wildman–Crippen MR) is 126 cm³/mol. The maximum absolute atomic E-state index is 12.6. The Balaban J connectivity index is 1.47. The number of nitrogens with one attached hydrogen (secondary N) is 2. The number of amides is 1. The molecule has 0 radical (unpaired) electrons. The summed E-state index contributed by atoms with van der Waals surface area (Å²) in [6.07, 6.45) is -0.970. The quantitative estimate of drug-likeness (QED) is 0.360. The molecule has 3 aromatic carbocycles. The van der Waals surface area contributed by atoms with Crippen LogP contribution in [0.3, 0.4) is 0 Å². The molecule has 0 bridgehead atoms. The number of carbonyl (C=O) groups is 2. The van der Waals surface area contributed by atoms with Crippen molar-refractivity contribution in [2.75, 3.05) is 12.4 Å². The summed E-state index contributed by atoms with van der Waals surface area (Å²) in [5.74, 6) is 0.416. The third-order valence-electron chi connectivity index (χ3n) is 4.87. The average molecular weight is 494 g/mol. The number of aromatic amines is 1. The van der Waals surface area contributed by atoms with E-state index in [2.05, 4.69) is 31.2 Å². The van der Waals surface area contributed by atoms with Crippen LogP contribution in [-0.4, -0.2) is 35.1 Å². The molecule has 8 heteroatoms. The van der Waals surface area contributed by atoms with E-state index in [4.69, 9.17) is 9.47 Å². The Morgan fingerprint density at radius 1 is 1.06 bits per heavy atom. The largest absolute Gasteiger partial charge is 0.497 e. The van der Waals surface area contributed by atoms with Crippen molar-refractivity contribution in [1.82, 2.24) is 9.97 Å². The third-order valence-corrected chi connectivity index (χ3v) is 5.56. The van der Waals surface area contributed by atoms with Gasteiger partial charge in [-0.05, 0) is 77.5 Å². The lowest BCUT2D eigenvalue weighted by Gasteiger charge is -2.14. The molecule has 0 fully saturated rings. The number of anilines is 1. The smallest absolute Gasteiger partial charge is 0.338 e. The number of H-pyrrole nitrogens is 1. The lowest BCUT2D eigenvalue weighted by Crippen LogP contribution is -2.30. The Morgan fingerprint density at radius 3 is 2.53 bits per heavy atom. The van der Waals surface area contributed by atoms with Crippen LogP contribution in [0.1, 0.15) is 17.3 Å². The number of methoxy groups -OCH3 is 1. The Labute approximate surface area is 192 Å². The number of ether oxygens (including phenoxy) is 2. The first kappa shape index (κ1) is 21.6. The number of aromatic nitrogens is 2. The summed E-state index contributed by atoms with van der Waals surface area (Å²) in [6.45, 7) is 1.53. The highest BCUT2D eigenvalue weighted by molar-refractivity contribution is 9.10. The van der Waals surface area contributed by atoms with Crippen LogP contribution < -0.4 is 10.1 Å². The van der Waals surface area contributed by atoms with E-state index < -0.39 is 18.0 Å². The van der Waals surface area contributed by atoms with Crippen LogP contribution in [0.25, 0.3) is 22.4 Å². The topological polar surface area (TPSA) is 93.3 Å². The maximum atomic E-state index is 12.6. The maximum Gasteiger partial charge on any atom is 0.338 e. The molecule has 1 heterocycles. The molecular weight excluding hydrogens is 474 g/mol. The van der Waals surface area contributed by atoms with Gasteiger partial charge in [0.15, 0.2) is 6.10 Å². The van der Waals surface area contributed by atoms with E-state index in [-0.39, 0.29) is 0 Å². The highest BCUT2D eigenvalue weighted by Crippen LogP contribution is 2.24. The van der Waals surface area contributed by atoms with E-state index in [1.807, 2.05) is 36.4 Å². The zero-order valence-electron chi connectivity index (χ0n) is 17.4. The first-order valence-electron chi connectivity index (χ1n) is 9.85. The van der Waals surface area contributed by atoms with Gasteiger partial charge in [-0.3, -0.25) is 4.79 Å². The molecular formula is C24H20BrN3O4. The van der Waals surface area contributed by atoms with Crippen LogP contribution in [-0.2, 0) is 9.53 Å². The number of hydrogen-bond donors (Lipinski definition) is 2. The number of esters is 1. The monoisotopic (exact) mass is 493 g/mol. The van der Waals surface area contributed by atoms with Crippen molar-refractivity contribution < 1.29 is 19.1 Å². The third kappa shape index (κ3) is 4.65. The minimum atomic E-state index is -0.970. The number of benzene rings is 3. The zero-order valence-corrected chi connectivity index (χ0v) is 19.0. The Bertz CT molecular complexity index is 1280. The van der Waals surface area contributed by atoms with E-state index in [1.165, 1.54) is 6.92 Å². The molecule has 162 valence electrons. The van der Waals surface area contributed by atoms with Crippen molar-refractivity contribution in [2.45, 2.75) is 13.0 Å². The summed E-state index contributed by atoms with van der Waals surface area (Å²) in [7, 11) is 1.61. The van der Waals surface area contributed by atoms with Crippen molar-refractivity contribution in [3.8, 4) is 17.1 Å². The first-order valence-corrected chi connectivity index (χ1v) is 10.6. The van der Waals surface area contributed by atoms with Crippen LogP contribution in [0.15, 0.2) is 71.2 Å². The summed E-state index contributed by atoms with van der Waals surface area (Å²) in [4.78, 5) is 32.8. The summed E-state index contributed by atoms with van der Waals surface area (Å²) < 4.78 is 11.3. The minimum Gasteiger partial charge on any atom is -0.497 e. The molecule has 0 spiro atoms. The van der Waals surface area contributed by atoms with Crippen LogP contribution in [0, 0.1) is 0 Å². The Morgan fingerprint density at radius 2 is 1.81 bits per heavy atom. The van der Waals surface area contributed by atoms with Gasteiger partial charge in [0.2, 0.25) is 0 Å². The molecule has 1 unspecified atom stereocenters. The summed E-state index contributed by atoms with van der Waals surface area (Å²) in [6, 6.07) is 19.7. The molecule has 1 atom stereocenters. The summed E-state index contributed by atoms with van der Waals surface area (Å²) >= 11 is 3.37. The molecule has 4 rings (SSSR count). The predicted octanol–water partition coefficient (Wildman–Crippen LogP) is 5.19. The van der Waals surface area contributed by atoms with Crippen molar-refractivity contribution in [1.29, 1.82) is 0 Å². The van der Waals surface area contributed by atoms with Gasteiger partial charge in [0, 0.05) is 10.0 Å². The second-order valence-corrected chi connectivity index (χ2v) is 7.92. The Kier molecular flexibility index (Phi) is 6.23. The van der Waals surface area contributed by atoms with Crippen molar-refractivity contribution in [3.05, 3.63) is 76.8 Å².